The van der Waals surface area contributed by atoms with Crippen LogP contribution in [0.4, 0.5) is 0 Å². The fourth-order valence-electron chi connectivity index (χ4n) is 5.48. The van der Waals surface area contributed by atoms with Gasteiger partial charge in [0.2, 0.25) is 0 Å². The first-order valence-electron chi connectivity index (χ1n) is 15.8. The van der Waals surface area contributed by atoms with Gasteiger partial charge in [-0.1, -0.05) is 176 Å². The predicted octanol–water partition coefficient (Wildman–Crippen LogP) is 12.2. The van der Waals surface area contributed by atoms with Gasteiger partial charge in [-0.3, -0.25) is 0 Å². The number of rotatable bonds is 5. The van der Waals surface area contributed by atoms with Crippen LogP contribution >= 0.6 is 0 Å². The van der Waals surface area contributed by atoms with Gasteiger partial charge in [0, 0.05) is 6.04 Å². The first kappa shape index (κ1) is 32.6. The van der Waals surface area contributed by atoms with E-state index in [1.165, 1.54) is 49.0 Å². The smallest absolute Gasteiger partial charge is 0.0292 e. The molecule has 1 heteroatoms. The Hall–Kier alpha value is -3.94. The molecule has 6 aromatic carbocycles. The van der Waals surface area contributed by atoms with Crippen molar-refractivity contribution in [1.82, 2.24) is 0 Å². The number of benzene rings is 6. The molecule has 2 N–H and O–H groups in total. The molecule has 218 valence electrons. The van der Waals surface area contributed by atoms with E-state index in [4.69, 9.17) is 5.73 Å². The van der Waals surface area contributed by atoms with Crippen molar-refractivity contribution in [2.24, 2.45) is 5.73 Å². The molecule has 0 aliphatic rings. The molecule has 0 saturated heterocycles. The summed E-state index contributed by atoms with van der Waals surface area (Å²) in [4.78, 5) is 0. The van der Waals surface area contributed by atoms with Crippen molar-refractivity contribution < 1.29 is 0 Å². The Labute approximate surface area is 254 Å². The molecule has 42 heavy (non-hydrogen) atoms. The predicted molar refractivity (Wildman–Crippen MR) is 189 cm³/mol. The minimum absolute atomic E-state index is 0.209. The van der Waals surface area contributed by atoms with E-state index in [-0.39, 0.29) is 6.04 Å². The van der Waals surface area contributed by atoms with Crippen LogP contribution in [0.2, 0.25) is 0 Å². The van der Waals surface area contributed by atoms with Crippen molar-refractivity contribution in [3.8, 4) is 0 Å². The quantitative estimate of drug-likeness (QED) is 0.210. The van der Waals surface area contributed by atoms with E-state index in [1.54, 1.807) is 0 Å². The van der Waals surface area contributed by atoms with Gasteiger partial charge in [-0.15, -0.1) is 0 Å². The molecular formula is C41H49N. The Morgan fingerprint density at radius 2 is 0.786 bits per heavy atom. The number of hydrogen-bond acceptors (Lipinski definition) is 1. The van der Waals surface area contributed by atoms with Gasteiger partial charge in [0.1, 0.15) is 0 Å². The Kier molecular flexibility index (Phi) is 12.8. The molecule has 0 heterocycles. The Morgan fingerprint density at radius 3 is 1.24 bits per heavy atom. The summed E-state index contributed by atoms with van der Waals surface area (Å²) in [6.07, 6.45) is 1.00. The van der Waals surface area contributed by atoms with Gasteiger partial charge in [-0.25, -0.2) is 0 Å². The molecule has 0 spiro atoms. The van der Waals surface area contributed by atoms with Gasteiger partial charge in [-0.05, 0) is 67.3 Å². The summed E-state index contributed by atoms with van der Waals surface area (Å²) in [6, 6.07) is 45.9. The summed E-state index contributed by atoms with van der Waals surface area (Å²) < 4.78 is 0. The maximum absolute atomic E-state index is 5.79. The Bertz CT molecular complexity index is 1600. The zero-order valence-corrected chi connectivity index (χ0v) is 26.6. The fourth-order valence-corrected chi connectivity index (χ4v) is 5.48. The Balaban J connectivity index is 0.000000291. The van der Waals surface area contributed by atoms with Crippen LogP contribution in [0.25, 0.3) is 32.3 Å². The highest BCUT2D eigenvalue weighted by Crippen LogP contribution is 2.38. The van der Waals surface area contributed by atoms with Crippen molar-refractivity contribution in [3.63, 3.8) is 0 Å². The van der Waals surface area contributed by atoms with Crippen LogP contribution in [0.15, 0.2) is 127 Å². The number of fused-ring (bicyclic) bond motifs is 6. The minimum Gasteiger partial charge on any atom is -0.324 e. The maximum atomic E-state index is 5.79. The second-order valence-electron chi connectivity index (χ2n) is 10.3. The van der Waals surface area contributed by atoms with Crippen LogP contribution < -0.4 is 5.73 Å². The molecule has 1 nitrogen and oxygen atoms in total. The molecule has 0 amide bonds. The topological polar surface area (TPSA) is 26.0 Å². The third-order valence-corrected chi connectivity index (χ3v) is 8.04. The van der Waals surface area contributed by atoms with Crippen LogP contribution in [-0.2, 0) is 0 Å². The lowest BCUT2D eigenvalue weighted by Crippen LogP contribution is -2.07. The molecule has 0 fully saturated rings. The van der Waals surface area contributed by atoms with Crippen molar-refractivity contribution >= 4 is 32.3 Å². The van der Waals surface area contributed by atoms with E-state index in [1.807, 2.05) is 45.9 Å². The van der Waals surface area contributed by atoms with Gasteiger partial charge in [-0.2, -0.15) is 0 Å². The van der Waals surface area contributed by atoms with Crippen molar-refractivity contribution in [2.75, 3.05) is 0 Å². The second kappa shape index (κ2) is 16.5. The Morgan fingerprint density at radius 1 is 0.429 bits per heavy atom. The van der Waals surface area contributed by atoms with Gasteiger partial charge in [0.15, 0.2) is 0 Å². The summed E-state index contributed by atoms with van der Waals surface area (Å²) in [5.74, 6) is 0.933. The first-order chi connectivity index (χ1) is 20.6. The normalized spacial score (nSPS) is 12.6. The van der Waals surface area contributed by atoms with Crippen LogP contribution in [0.1, 0.15) is 89.5 Å². The summed E-state index contributed by atoms with van der Waals surface area (Å²) in [5, 5.41) is 8.07. The third kappa shape index (κ3) is 7.46. The zero-order valence-electron chi connectivity index (χ0n) is 26.6. The van der Waals surface area contributed by atoms with E-state index < -0.39 is 0 Å². The fraction of sp³-hybridized carbons (Fsp3) is 0.268. The van der Waals surface area contributed by atoms with Crippen LogP contribution in [-0.4, -0.2) is 0 Å². The van der Waals surface area contributed by atoms with Gasteiger partial charge < -0.3 is 5.73 Å². The summed E-state index contributed by atoms with van der Waals surface area (Å²) in [5.41, 5.74) is 9.83. The molecule has 0 saturated carbocycles. The highest BCUT2D eigenvalue weighted by molar-refractivity contribution is 6.25. The first-order valence-corrected chi connectivity index (χ1v) is 15.8. The molecule has 6 rings (SSSR count). The SMILES string of the molecule is CC.CC.CC(c1ccccc1)C(C)c1ccc2c3ccccc3c3ccccc3c2c1.CCC(N)c1ccccc1. The molecule has 0 aliphatic heterocycles. The molecule has 6 aromatic rings. The van der Waals surface area contributed by atoms with Crippen molar-refractivity contribution in [2.45, 2.75) is 72.8 Å². The molecule has 3 unspecified atom stereocenters. The molecular weight excluding hydrogens is 506 g/mol. The van der Waals surface area contributed by atoms with Gasteiger partial charge in [0.25, 0.3) is 0 Å². The molecule has 0 aliphatic carbocycles. The standard InChI is InChI=1S/C28H24.C9H13N.2C2H6/c1-19(21-10-4-3-5-11-21)20(2)22-16-17-27-25-14-7-6-12-23(25)24-13-8-9-15-26(24)28(27)18-22;1-2-9(10)8-6-4-3-5-7-8;2*1-2/h3-20H,1-2H3;3-7,9H,2,10H2,1H3;2*1-2H3. The number of nitrogens with two attached hydrogens (primary N) is 1. The van der Waals surface area contributed by atoms with E-state index in [9.17, 15) is 0 Å². The second-order valence-corrected chi connectivity index (χ2v) is 10.3. The summed E-state index contributed by atoms with van der Waals surface area (Å²) in [7, 11) is 0. The monoisotopic (exact) mass is 555 g/mol. The molecule has 0 aromatic heterocycles. The van der Waals surface area contributed by atoms with Crippen molar-refractivity contribution in [1.29, 1.82) is 0 Å². The minimum atomic E-state index is 0.209. The van der Waals surface area contributed by atoms with E-state index in [0.29, 0.717) is 11.8 Å². The lowest BCUT2D eigenvalue weighted by Gasteiger charge is -2.22. The lowest BCUT2D eigenvalue weighted by atomic mass is 9.82. The lowest BCUT2D eigenvalue weighted by molar-refractivity contribution is 0.624. The van der Waals surface area contributed by atoms with Crippen molar-refractivity contribution in [3.05, 3.63) is 144 Å². The summed E-state index contributed by atoms with van der Waals surface area (Å²) in [6.45, 7) is 14.8. The summed E-state index contributed by atoms with van der Waals surface area (Å²) >= 11 is 0. The molecule has 3 atom stereocenters. The highest BCUT2D eigenvalue weighted by Gasteiger charge is 2.17. The maximum Gasteiger partial charge on any atom is 0.0292 e. The van der Waals surface area contributed by atoms with Gasteiger partial charge >= 0.3 is 0 Å². The third-order valence-electron chi connectivity index (χ3n) is 8.04. The number of hydrogen-bond donors (Lipinski definition) is 1. The van der Waals surface area contributed by atoms with Crippen LogP contribution in [0.3, 0.4) is 0 Å². The zero-order chi connectivity index (χ0) is 30.5. The van der Waals surface area contributed by atoms with E-state index >= 15 is 0 Å². The van der Waals surface area contributed by atoms with Crippen LogP contribution in [0, 0.1) is 0 Å². The average Bonchev–Trinajstić information content (AvgIpc) is 3.10. The van der Waals surface area contributed by atoms with Crippen LogP contribution in [0.5, 0.6) is 0 Å². The molecule has 0 radical (unpaired) electrons. The molecule has 0 bridgehead atoms. The highest BCUT2D eigenvalue weighted by atomic mass is 14.6. The van der Waals surface area contributed by atoms with Gasteiger partial charge in [0.05, 0.1) is 0 Å². The van der Waals surface area contributed by atoms with E-state index in [0.717, 1.165) is 6.42 Å². The van der Waals surface area contributed by atoms with E-state index in [2.05, 4.69) is 130 Å². The largest absolute Gasteiger partial charge is 0.324 e. The average molecular weight is 556 g/mol.